The highest BCUT2D eigenvalue weighted by Crippen LogP contribution is 2.33. The molecule has 14 heteroatoms. The summed E-state index contributed by atoms with van der Waals surface area (Å²) >= 11 is 0. The molecule has 1 aliphatic rings. The van der Waals surface area contributed by atoms with Crippen LogP contribution < -0.4 is 5.32 Å². The van der Waals surface area contributed by atoms with Gasteiger partial charge in [0.05, 0.1) is 10.9 Å². The number of nitrogens with one attached hydrogen (secondary N) is 1. The summed E-state index contributed by atoms with van der Waals surface area (Å²) in [5, 5.41) is 2.31. The highest BCUT2D eigenvalue weighted by Gasteiger charge is 2.49. The van der Waals surface area contributed by atoms with E-state index in [9.17, 15) is 39.6 Å². The van der Waals surface area contributed by atoms with Crippen LogP contribution in [0.25, 0.3) is 11.1 Å². The smallest absolute Gasteiger partial charge is 0.297 e. The largest absolute Gasteiger partial charge is 0.351 e. The molecule has 0 spiro atoms. The van der Waals surface area contributed by atoms with Gasteiger partial charge >= 0.3 is 0 Å². The van der Waals surface area contributed by atoms with Crippen LogP contribution in [0, 0.1) is 17.5 Å². The Hall–Kier alpha value is -3.52. The molecule has 3 atom stereocenters. The maximum atomic E-state index is 14.6. The summed E-state index contributed by atoms with van der Waals surface area (Å²) in [6.07, 6.45) is -3.10. The van der Waals surface area contributed by atoms with Crippen LogP contribution in [0.15, 0.2) is 53.7 Å². The zero-order valence-electron chi connectivity index (χ0n) is 19.6. The van der Waals surface area contributed by atoms with Crippen LogP contribution in [0.3, 0.4) is 0 Å². The number of halogens is 6. The molecule has 2 heterocycles. The Labute approximate surface area is 213 Å². The maximum absolute atomic E-state index is 14.6. The van der Waals surface area contributed by atoms with E-state index in [1.165, 1.54) is 6.92 Å². The van der Waals surface area contributed by atoms with E-state index in [-0.39, 0.29) is 21.6 Å². The van der Waals surface area contributed by atoms with Gasteiger partial charge in [0.1, 0.15) is 18.0 Å². The van der Waals surface area contributed by atoms with Crippen LogP contribution in [0.5, 0.6) is 0 Å². The highest BCUT2D eigenvalue weighted by atomic mass is 32.2. The molecule has 0 aliphatic carbocycles. The maximum Gasteiger partial charge on any atom is 0.297 e. The Morgan fingerprint density at radius 2 is 1.71 bits per heavy atom. The van der Waals surface area contributed by atoms with E-state index in [1.54, 1.807) is 0 Å². The van der Waals surface area contributed by atoms with Gasteiger partial charge in [-0.15, -0.1) is 0 Å². The van der Waals surface area contributed by atoms with Crippen molar-refractivity contribution in [2.24, 2.45) is 0 Å². The minimum Gasteiger partial charge on any atom is -0.351 e. The zero-order valence-corrected chi connectivity index (χ0v) is 20.4. The lowest BCUT2D eigenvalue weighted by atomic mass is 10.0. The van der Waals surface area contributed by atoms with Crippen LogP contribution in [-0.2, 0) is 21.4 Å². The Kier molecular flexibility index (Phi) is 7.74. The van der Waals surface area contributed by atoms with Crippen molar-refractivity contribution in [3.05, 3.63) is 77.6 Å². The SMILES string of the molecule is C[C@H]1[C@H](F)C[C@@H](C(=O)NCc2cc(-c3cnc(C(F)F)nc3)cc(F)c2F)N1S(=O)(=O)c1ccc(F)cc1. The molecule has 3 aromatic rings. The molecule has 1 saturated heterocycles. The molecule has 2 aromatic carbocycles. The first kappa shape index (κ1) is 27.5. The van der Waals surface area contributed by atoms with Crippen molar-refractivity contribution in [1.82, 2.24) is 19.6 Å². The average Bonchev–Trinajstić information content (AvgIpc) is 3.19. The van der Waals surface area contributed by atoms with E-state index < -0.39 is 76.9 Å². The van der Waals surface area contributed by atoms with Gasteiger partial charge < -0.3 is 5.32 Å². The minimum absolute atomic E-state index is 0.0350. The summed E-state index contributed by atoms with van der Waals surface area (Å²) in [4.78, 5) is 19.5. The standard InChI is InChI=1S/C24H20F6N4O3S/c1-12-18(26)8-20(34(12)38(36,37)17-4-2-16(25)3-5-17)24(35)33-9-14-6-13(7-19(27)21(14)28)15-10-31-23(22(29)30)32-11-15/h2-7,10-12,18,20,22H,8-9H2,1H3,(H,33,35)/t12-,18+,20-/m0/s1. The van der Waals surface area contributed by atoms with Crippen molar-refractivity contribution in [3.8, 4) is 11.1 Å². The van der Waals surface area contributed by atoms with Gasteiger partial charge in [-0.1, -0.05) is 0 Å². The number of hydrogen-bond donors (Lipinski definition) is 1. The molecule has 0 unspecified atom stereocenters. The number of alkyl halides is 3. The predicted octanol–water partition coefficient (Wildman–Crippen LogP) is 4.30. The van der Waals surface area contributed by atoms with Crippen LogP contribution in [0.1, 0.15) is 31.2 Å². The molecule has 38 heavy (non-hydrogen) atoms. The summed E-state index contributed by atoms with van der Waals surface area (Å²) in [5.41, 5.74) is -0.211. The van der Waals surface area contributed by atoms with Crippen molar-refractivity contribution in [1.29, 1.82) is 0 Å². The summed E-state index contributed by atoms with van der Waals surface area (Å²) in [5.74, 6) is -5.01. The fraction of sp³-hybridized carbons (Fsp3) is 0.292. The molecule has 1 N–H and O–H groups in total. The average molecular weight is 559 g/mol. The van der Waals surface area contributed by atoms with Crippen LogP contribution >= 0.6 is 0 Å². The topological polar surface area (TPSA) is 92.3 Å². The molecular weight excluding hydrogens is 538 g/mol. The number of rotatable bonds is 7. The van der Waals surface area contributed by atoms with Gasteiger partial charge in [0.15, 0.2) is 17.5 Å². The molecule has 0 saturated carbocycles. The molecule has 1 aromatic heterocycles. The lowest BCUT2D eigenvalue weighted by molar-refractivity contribution is -0.124. The number of carbonyl (C=O) groups is 1. The zero-order chi connectivity index (χ0) is 27.8. The molecule has 202 valence electrons. The monoisotopic (exact) mass is 558 g/mol. The third-order valence-corrected chi connectivity index (χ3v) is 8.14. The van der Waals surface area contributed by atoms with Crippen molar-refractivity contribution in [2.45, 2.75) is 49.5 Å². The van der Waals surface area contributed by atoms with Crippen molar-refractivity contribution < 1.29 is 39.6 Å². The minimum atomic E-state index is -4.42. The van der Waals surface area contributed by atoms with Crippen LogP contribution in [0.4, 0.5) is 26.3 Å². The van der Waals surface area contributed by atoms with Gasteiger partial charge in [0.2, 0.25) is 15.9 Å². The third kappa shape index (κ3) is 5.36. The lowest BCUT2D eigenvalue weighted by Gasteiger charge is -2.27. The Bertz CT molecular complexity index is 1440. The number of aromatic nitrogens is 2. The molecular formula is C24H20F6N4O3S. The first-order valence-corrected chi connectivity index (χ1v) is 12.6. The number of benzene rings is 2. The molecule has 0 bridgehead atoms. The van der Waals surface area contributed by atoms with Gasteiger partial charge in [-0.2, -0.15) is 4.31 Å². The number of carbonyl (C=O) groups excluding carboxylic acids is 1. The lowest BCUT2D eigenvalue weighted by Crippen LogP contribution is -2.48. The Morgan fingerprint density at radius 1 is 1.08 bits per heavy atom. The fourth-order valence-electron chi connectivity index (χ4n) is 4.14. The van der Waals surface area contributed by atoms with Crippen LogP contribution in [-0.4, -0.2) is 46.9 Å². The fourth-order valence-corrected chi connectivity index (χ4v) is 5.95. The van der Waals surface area contributed by atoms with E-state index in [4.69, 9.17) is 0 Å². The second kappa shape index (κ2) is 10.7. The summed E-state index contributed by atoms with van der Waals surface area (Å²) in [7, 11) is -4.42. The first-order valence-electron chi connectivity index (χ1n) is 11.2. The van der Waals surface area contributed by atoms with Gasteiger partial charge in [0.25, 0.3) is 6.43 Å². The van der Waals surface area contributed by atoms with Gasteiger partial charge in [-0.25, -0.2) is 44.7 Å². The van der Waals surface area contributed by atoms with E-state index in [0.29, 0.717) is 4.31 Å². The summed E-state index contributed by atoms with van der Waals surface area (Å²) < 4.78 is 109. The summed E-state index contributed by atoms with van der Waals surface area (Å²) in [6.45, 7) is 0.677. The van der Waals surface area contributed by atoms with Gasteiger partial charge in [-0.3, -0.25) is 4.79 Å². The molecule has 1 amide bonds. The predicted molar refractivity (Wildman–Crippen MR) is 122 cm³/mol. The van der Waals surface area contributed by atoms with E-state index in [1.807, 2.05) is 0 Å². The normalized spacial score (nSPS) is 20.2. The molecule has 1 aliphatic heterocycles. The highest BCUT2D eigenvalue weighted by molar-refractivity contribution is 7.89. The number of nitrogens with zero attached hydrogens (tertiary/aromatic N) is 3. The Morgan fingerprint density at radius 3 is 2.32 bits per heavy atom. The second-order valence-electron chi connectivity index (χ2n) is 8.58. The molecule has 7 nitrogen and oxygen atoms in total. The second-order valence-corrected chi connectivity index (χ2v) is 10.4. The molecule has 4 rings (SSSR count). The third-order valence-electron chi connectivity index (χ3n) is 6.13. The van der Waals surface area contributed by atoms with Gasteiger partial charge in [-0.05, 0) is 48.9 Å². The number of sulfonamides is 1. The van der Waals surface area contributed by atoms with Gasteiger partial charge in [0, 0.05) is 36.5 Å². The van der Waals surface area contributed by atoms with E-state index in [2.05, 4.69) is 15.3 Å². The summed E-state index contributed by atoms with van der Waals surface area (Å²) in [6, 6.07) is 2.99. The number of amides is 1. The van der Waals surface area contributed by atoms with Crippen molar-refractivity contribution >= 4 is 15.9 Å². The number of hydrogen-bond acceptors (Lipinski definition) is 5. The van der Waals surface area contributed by atoms with Crippen molar-refractivity contribution in [2.75, 3.05) is 0 Å². The van der Waals surface area contributed by atoms with E-state index >= 15 is 0 Å². The van der Waals surface area contributed by atoms with Crippen LogP contribution in [0.2, 0.25) is 0 Å². The molecule has 0 radical (unpaired) electrons. The van der Waals surface area contributed by atoms with Crippen molar-refractivity contribution in [3.63, 3.8) is 0 Å². The van der Waals surface area contributed by atoms with E-state index in [0.717, 1.165) is 48.8 Å². The quantitative estimate of drug-likeness (QED) is 0.437. The molecule has 1 fully saturated rings. The first-order chi connectivity index (χ1) is 17.9. The Balaban J connectivity index is 1.56.